The zero-order valence-electron chi connectivity index (χ0n) is 18.6. The van der Waals surface area contributed by atoms with Crippen molar-refractivity contribution < 1.29 is 23.9 Å². The first kappa shape index (κ1) is 21.3. The molecule has 0 saturated heterocycles. The van der Waals surface area contributed by atoms with E-state index in [1.165, 1.54) is 6.92 Å². The van der Waals surface area contributed by atoms with Crippen LogP contribution in [-0.2, 0) is 23.9 Å². The Hall–Kier alpha value is -1.91. The summed E-state index contributed by atoms with van der Waals surface area (Å²) in [6.07, 6.45) is 7.94. The molecule has 164 valence electrons. The molecule has 0 aromatic carbocycles. The molecule has 0 aliphatic heterocycles. The summed E-state index contributed by atoms with van der Waals surface area (Å²) in [5.74, 6) is -0.0518. The van der Waals surface area contributed by atoms with Gasteiger partial charge >= 0.3 is 11.9 Å². The molecule has 0 amide bonds. The Bertz CT molecular complexity index is 829. The lowest BCUT2D eigenvalue weighted by atomic mass is 9.40. The van der Waals surface area contributed by atoms with Gasteiger partial charge in [-0.3, -0.25) is 14.4 Å². The molecule has 5 heteroatoms. The lowest BCUT2D eigenvalue weighted by molar-refractivity contribution is -0.194. The zero-order valence-corrected chi connectivity index (χ0v) is 18.6. The van der Waals surface area contributed by atoms with Gasteiger partial charge in [0, 0.05) is 24.3 Å². The summed E-state index contributed by atoms with van der Waals surface area (Å²) >= 11 is 0. The molecule has 0 aromatic heterocycles. The standard InChI is InChI=1S/C25H34O5/c1-6-14-29-21(28)23(5)11-7-10-22(4)18(23)8-12-24-15-25(30-17(3)26,13-9-19(22)24)16(2)20(24)27/h6,18-19H,1-2,7-15H2,3-5H3/t18-,19-,22+,23+,24+,25-/m0/s1. The molecule has 4 saturated carbocycles. The highest BCUT2D eigenvalue weighted by atomic mass is 16.6. The third-order valence-electron chi connectivity index (χ3n) is 9.17. The van der Waals surface area contributed by atoms with Crippen molar-refractivity contribution in [1.82, 2.24) is 0 Å². The Morgan fingerprint density at radius 2 is 1.83 bits per heavy atom. The van der Waals surface area contributed by atoms with E-state index in [0.29, 0.717) is 18.4 Å². The molecule has 4 rings (SSSR count). The van der Waals surface area contributed by atoms with Gasteiger partial charge in [0.25, 0.3) is 0 Å². The van der Waals surface area contributed by atoms with Crippen molar-refractivity contribution in [2.45, 2.75) is 77.7 Å². The molecular weight excluding hydrogens is 380 g/mol. The lowest BCUT2D eigenvalue weighted by Gasteiger charge is -2.63. The number of ketones is 1. The van der Waals surface area contributed by atoms with Crippen LogP contribution in [0.3, 0.4) is 0 Å². The van der Waals surface area contributed by atoms with Gasteiger partial charge in [-0.25, -0.2) is 0 Å². The normalized spacial score (nSPS) is 44.6. The van der Waals surface area contributed by atoms with Crippen molar-refractivity contribution in [2.75, 3.05) is 6.61 Å². The number of Topliss-reactive ketones (excluding diaryl/α,β-unsaturated/α-hetero) is 1. The Balaban J connectivity index is 1.71. The summed E-state index contributed by atoms with van der Waals surface area (Å²) in [4.78, 5) is 38.5. The highest BCUT2D eigenvalue weighted by Gasteiger charge is 2.72. The third-order valence-corrected chi connectivity index (χ3v) is 9.17. The summed E-state index contributed by atoms with van der Waals surface area (Å²) in [7, 11) is 0. The molecule has 4 aliphatic rings. The van der Waals surface area contributed by atoms with Crippen LogP contribution in [0, 0.1) is 28.1 Å². The number of hydrogen-bond acceptors (Lipinski definition) is 5. The Labute approximate surface area is 179 Å². The molecule has 0 heterocycles. The number of esters is 2. The Morgan fingerprint density at radius 3 is 2.50 bits per heavy atom. The second-order valence-corrected chi connectivity index (χ2v) is 10.6. The first-order valence-electron chi connectivity index (χ1n) is 11.3. The maximum Gasteiger partial charge on any atom is 0.312 e. The van der Waals surface area contributed by atoms with Gasteiger partial charge in [0.05, 0.1) is 5.41 Å². The number of fused-ring (bicyclic) bond motifs is 3. The van der Waals surface area contributed by atoms with E-state index in [4.69, 9.17) is 9.47 Å². The second-order valence-electron chi connectivity index (χ2n) is 10.6. The fourth-order valence-corrected chi connectivity index (χ4v) is 8.06. The molecule has 4 fully saturated rings. The number of carbonyl (C=O) groups is 3. The van der Waals surface area contributed by atoms with Crippen LogP contribution in [0.4, 0.5) is 0 Å². The summed E-state index contributed by atoms with van der Waals surface area (Å²) < 4.78 is 11.3. The first-order valence-corrected chi connectivity index (χ1v) is 11.3. The molecule has 0 unspecified atom stereocenters. The minimum absolute atomic E-state index is 0.0902. The van der Waals surface area contributed by atoms with Crippen LogP contribution < -0.4 is 0 Å². The Morgan fingerprint density at radius 1 is 1.13 bits per heavy atom. The average molecular weight is 415 g/mol. The van der Waals surface area contributed by atoms with Gasteiger partial charge in [-0.15, -0.1) is 0 Å². The summed E-state index contributed by atoms with van der Waals surface area (Å²) in [5, 5.41) is 0. The van der Waals surface area contributed by atoms with E-state index in [0.717, 1.165) is 38.5 Å². The van der Waals surface area contributed by atoms with Crippen molar-refractivity contribution in [3.05, 3.63) is 24.8 Å². The van der Waals surface area contributed by atoms with Gasteiger partial charge in [-0.2, -0.15) is 0 Å². The molecule has 0 N–H and O–H groups in total. The average Bonchev–Trinajstić information content (AvgIpc) is 2.83. The van der Waals surface area contributed by atoms with Crippen molar-refractivity contribution in [3.63, 3.8) is 0 Å². The molecule has 5 nitrogen and oxygen atoms in total. The SMILES string of the molecule is C=CCOC(=O)[C@]1(C)CCC[C@@]2(C)[C@@H]3CC[C@]4(OC(C)=O)C[C@@]3(CC[C@@H]21)C(=O)C4=C. The Kier molecular flexibility index (Phi) is 4.83. The van der Waals surface area contributed by atoms with Crippen LogP contribution >= 0.6 is 0 Å². The van der Waals surface area contributed by atoms with Crippen molar-refractivity contribution in [2.24, 2.45) is 28.1 Å². The van der Waals surface area contributed by atoms with Gasteiger partial charge in [-0.1, -0.05) is 32.6 Å². The first-order chi connectivity index (χ1) is 14.1. The van der Waals surface area contributed by atoms with Crippen LogP contribution in [0.2, 0.25) is 0 Å². The van der Waals surface area contributed by atoms with E-state index < -0.39 is 16.4 Å². The minimum Gasteiger partial charge on any atom is -0.461 e. The molecule has 0 aromatic rings. The largest absolute Gasteiger partial charge is 0.461 e. The molecule has 6 atom stereocenters. The highest BCUT2D eigenvalue weighted by Crippen LogP contribution is 2.72. The number of ether oxygens (including phenoxy) is 2. The van der Waals surface area contributed by atoms with Gasteiger partial charge in [0.15, 0.2) is 5.78 Å². The van der Waals surface area contributed by atoms with Crippen molar-refractivity contribution in [1.29, 1.82) is 0 Å². The molecule has 4 aliphatic carbocycles. The maximum atomic E-state index is 13.6. The smallest absolute Gasteiger partial charge is 0.312 e. The monoisotopic (exact) mass is 414 g/mol. The fraction of sp³-hybridized carbons (Fsp3) is 0.720. The predicted octanol–water partition coefficient (Wildman–Crippen LogP) is 4.55. The van der Waals surface area contributed by atoms with E-state index in [9.17, 15) is 14.4 Å². The lowest BCUT2D eigenvalue weighted by Crippen LogP contribution is -2.60. The highest BCUT2D eigenvalue weighted by molar-refractivity contribution is 6.05. The minimum atomic E-state index is -0.830. The maximum absolute atomic E-state index is 13.6. The van der Waals surface area contributed by atoms with Gasteiger partial charge in [-0.05, 0) is 62.7 Å². The van der Waals surface area contributed by atoms with E-state index >= 15 is 0 Å². The quantitative estimate of drug-likeness (QED) is 0.383. The van der Waals surface area contributed by atoms with Crippen LogP contribution in [-0.4, -0.2) is 29.9 Å². The second kappa shape index (κ2) is 6.80. The van der Waals surface area contributed by atoms with E-state index in [1.54, 1.807) is 6.08 Å². The van der Waals surface area contributed by atoms with Crippen LogP contribution in [0.15, 0.2) is 24.8 Å². The fourth-order valence-electron chi connectivity index (χ4n) is 8.06. The molecular formula is C25H34O5. The summed E-state index contributed by atoms with van der Waals surface area (Å²) in [6.45, 7) is 13.7. The molecule has 0 radical (unpaired) electrons. The van der Waals surface area contributed by atoms with E-state index in [-0.39, 0.29) is 41.6 Å². The molecule has 30 heavy (non-hydrogen) atoms. The predicted molar refractivity (Wildman–Crippen MR) is 112 cm³/mol. The van der Waals surface area contributed by atoms with Crippen molar-refractivity contribution in [3.8, 4) is 0 Å². The number of rotatable bonds is 4. The summed E-state index contributed by atoms with van der Waals surface area (Å²) in [5.41, 5.74) is -1.53. The van der Waals surface area contributed by atoms with E-state index in [2.05, 4.69) is 27.0 Å². The topological polar surface area (TPSA) is 69.7 Å². The van der Waals surface area contributed by atoms with Gasteiger partial charge in [0.1, 0.15) is 12.2 Å². The van der Waals surface area contributed by atoms with Gasteiger partial charge in [0.2, 0.25) is 0 Å². The summed E-state index contributed by atoms with van der Waals surface area (Å²) in [6, 6.07) is 0. The molecule has 1 spiro atoms. The van der Waals surface area contributed by atoms with E-state index in [1.807, 2.05) is 0 Å². The third kappa shape index (κ3) is 2.63. The van der Waals surface area contributed by atoms with Gasteiger partial charge < -0.3 is 9.47 Å². The number of hydrogen-bond donors (Lipinski definition) is 0. The number of carbonyl (C=O) groups excluding carboxylic acids is 3. The van der Waals surface area contributed by atoms with Crippen LogP contribution in [0.1, 0.15) is 72.1 Å². The van der Waals surface area contributed by atoms with Crippen LogP contribution in [0.25, 0.3) is 0 Å². The van der Waals surface area contributed by atoms with Crippen molar-refractivity contribution >= 4 is 17.7 Å². The zero-order chi connectivity index (χ0) is 21.9. The molecule has 2 bridgehead atoms. The van der Waals surface area contributed by atoms with Crippen LogP contribution in [0.5, 0.6) is 0 Å².